The molecule has 0 radical (unpaired) electrons. The van der Waals surface area contributed by atoms with Gasteiger partial charge < -0.3 is 15.5 Å². The Bertz CT molecular complexity index is 966. The predicted octanol–water partition coefficient (Wildman–Crippen LogP) is 3.77. The second kappa shape index (κ2) is 10.3. The Morgan fingerprint density at radius 3 is 2.22 bits per heavy atom. The van der Waals surface area contributed by atoms with Crippen molar-refractivity contribution in [1.82, 2.24) is 10.6 Å². The first-order valence-corrected chi connectivity index (χ1v) is 11.0. The van der Waals surface area contributed by atoms with Crippen molar-refractivity contribution in [3.05, 3.63) is 69.8 Å². The zero-order valence-electron chi connectivity index (χ0n) is 18.7. The number of nitro benzene ring substituents is 1. The molecule has 2 aromatic rings. The molecule has 1 aliphatic heterocycles. The van der Waals surface area contributed by atoms with Crippen LogP contribution in [0.4, 0.5) is 11.4 Å². The maximum absolute atomic E-state index is 12.8. The van der Waals surface area contributed by atoms with Gasteiger partial charge in [-0.3, -0.25) is 19.7 Å². The number of non-ortho nitro benzene ring substituents is 1. The number of nitro groups is 1. The van der Waals surface area contributed by atoms with Crippen molar-refractivity contribution < 1.29 is 14.5 Å². The van der Waals surface area contributed by atoms with E-state index in [9.17, 15) is 19.7 Å². The molecule has 2 aromatic carbocycles. The van der Waals surface area contributed by atoms with Crippen LogP contribution in [0.3, 0.4) is 0 Å². The first-order valence-electron chi connectivity index (χ1n) is 11.0. The molecule has 0 bridgehead atoms. The second-order valence-electron chi connectivity index (χ2n) is 8.56. The summed E-state index contributed by atoms with van der Waals surface area (Å²) >= 11 is 0. The molecule has 0 saturated carbocycles. The number of para-hydroxylation sites is 1. The van der Waals surface area contributed by atoms with Gasteiger partial charge in [0.2, 0.25) is 0 Å². The van der Waals surface area contributed by atoms with Gasteiger partial charge in [0.1, 0.15) is 0 Å². The molecule has 0 spiro atoms. The summed E-state index contributed by atoms with van der Waals surface area (Å²) in [5, 5.41) is 16.9. The highest BCUT2D eigenvalue weighted by molar-refractivity contribution is 6.00. The fourth-order valence-electron chi connectivity index (χ4n) is 3.66. The van der Waals surface area contributed by atoms with Crippen molar-refractivity contribution in [1.29, 1.82) is 0 Å². The predicted molar refractivity (Wildman–Crippen MR) is 124 cm³/mol. The summed E-state index contributed by atoms with van der Waals surface area (Å²) in [6.45, 7) is 7.59. The van der Waals surface area contributed by atoms with Gasteiger partial charge in [0.05, 0.1) is 10.5 Å². The molecule has 3 rings (SSSR count). The standard InChI is InChI=1S/C24H30N4O4/c1-16(2)17(3)25-24(30)21-6-4-5-7-22(21)27-14-12-19(13-15-27)26-23(29)18-8-10-20(11-9-18)28(31)32/h4-11,16-17,19H,12-15H2,1-3H3,(H,25,30)(H,26,29)/t17-/m0/s1. The number of hydrogen-bond donors (Lipinski definition) is 2. The molecular formula is C24H30N4O4. The Labute approximate surface area is 188 Å². The molecule has 1 fully saturated rings. The lowest BCUT2D eigenvalue weighted by molar-refractivity contribution is -0.384. The summed E-state index contributed by atoms with van der Waals surface area (Å²) in [4.78, 5) is 37.8. The highest BCUT2D eigenvalue weighted by atomic mass is 16.6. The van der Waals surface area contributed by atoms with Crippen LogP contribution in [-0.4, -0.2) is 41.9 Å². The van der Waals surface area contributed by atoms with Gasteiger partial charge in [-0.2, -0.15) is 0 Å². The molecule has 32 heavy (non-hydrogen) atoms. The Balaban J connectivity index is 1.59. The molecule has 1 saturated heterocycles. The van der Waals surface area contributed by atoms with Gasteiger partial charge in [-0.05, 0) is 49.9 Å². The highest BCUT2D eigenvalue weighted by Crippen LogP contribution is 2.25. The number of nitrogens with zero attached hydrogens (tertiary/aromatic N) is 2. The van der Waals surface area contributed by atoms with E-state index in [0.717, 1.165) is 31.6 Å². The van der Waals surface area contributed by atoms with Crippen LogP contribution >= 0.6 is 0 Å². The average Bonchev–Trinajstić information content (AvgIpc) is 2.79. The van der Waals surface area contributed by atoms with Gasteiger partial charge in [0.15, 0.2) is 0 Å². The minimum absolute atomic E-state index is 0.0101. The summed E-state index contributed by atoms with van der Waals surface area (Å²) < 4.78 is 0. The zero-order valence-corrected chi connectivity index (χ0v) is 18.7. The lowest BCUT2D eigenvalue weighted by Gasteiger charge is -2.35. The summed E-state index contributed by atoms with van der Waals surface area (Å²) in [6.07, 6.45) is 1.49. The van der Waals surface area contributed by atoms with E-state index in [2.05, 4.69) is 29.4 Å². The van der Waals surface area contributed by atoms with Crippen LogP contribution in [0, 0.1) is 16.0 Å². The highest BCUT2D eigenvalue weighted by Gasteiger charge is 2.25. The van der Waals surface area contributed by atoms with Crippen LogP contribution in [0.1, 0.15) is 54.3 Å². The third-order valence-electron chi connectivity index (χ3n) is 6.02. The van der Waals surface area contributed by atoms with Gasteiger partial charge in [-0.15, -0.1) is 0 Å². The van der Waals surface area contributed by atoms with Crippen molar-refractivity contribution in [3.8, 4) is 0 Å². The van der Waals surface area contributed by atoms with Crippen molar-refractivity contribution >= 4 is 23.2 Å². The van der Waals surface area contributed by atoms with E-state index in [0.29, 0.717) is 17.0 Å². The van der Waals surface area contributed by atoms with Gasteiger partial charge in [-0.1, -0.05) is 26.0 Å². The third-order valence-corrected chi connectivity index (χ3v) is 6.02. The average molecular weight is 439 g/mol. The number of amides is 2. The largest absolute Gasteiger partial charge is 0.371 e. The second-order valence-corrected chi connectivity index (χ2v) is 8.56. The number of carbonyl (C=O) groups excluding carboxylic acids is 2. The fraction of sp³-hybridized carbons (Fsp3) is 0.417. The van der Waals surface area contributed by atoms with Crippen molar-refractivity contribution in [2.24, 2.45) is 5.92 Å². The Morgan fingerprint density at radius 2 is 1.62 bits per heavy atom. The monoisotopic (exact) mass is 438 g/mol. The Morgan fingerprint density at radius 1 is 1.00 bits per heavy atom. The molecule has 8 nitrogen and oxygen atoms in total. The van der Waals surface area contributed by atoms with Crippen LogP contribution in [0.15, 0.2) is 48.5 Å². The van der Waals surface area contributed by atoms with Crippen molar-refractivity contribution in [3.63, 3.8) is 0 Å². The summed E-state index contributed by atoms with van der Waals surface area (Å²) in [7, 11) is 0. The number of piperidine rings is 1. The van der Waals surface area contributed by atoms with Gasteiger partial charge in [-0.25, -0.2) is 0 Å². The van der Waals surface area contributed by atoms with E-state index in [1.54, 1.807) is 0 Å². The van der Waals surface area contributed by atoms with Crippen molar-refractivity contribution in [2.45, 2.75) is 45.7 Å². The van der Waals surface area contributed by atoms with E-state index in [1.165, 1.54) is 24.3 Å². The smallest absolute Gasteiger partial charge is 0.269 e. The van der Waals surface area contributed by atoms with E-state index in [4.69, 9.17) is 0 Å². The third kappa shape index (κ3) is 5.63. The van der Waals surface area contributed by atoms with E-state index >= 15 is 0 Å². The number of carbonyl (C=O) groups is 2. The molecule has 1 aliphatic rings. The maximum Gasteiger partial charge on any atom is 0.269 e. The van der Waals surface area contributed by atoms with Crippen LogP contribution in [0.25, 0.3) is 0 Å². The molecule has 8 heteroatoms. The van der Waals surface area contributed by atoms with E-state index in [-0.39, 0.29) is 29.6 Å². The quantitative estimate of drug-likeness (QED) is 0.506. The van der Waals surface area contributed by atoms with Crippen LogP contribution < -0.4 is 15.5 Å². The first-order chi connectivity index (χ1) is 15.3. The Hall–Kier alpha value is -3.42. The minimum atomic E-state index is -0.487. The number of hydrogen-bond acceptors (Lipinski definition) is 5. The molecule has 0 aromatic heterocycles. The summed E-state index contributed by atoms with van der Waals surface area (Å²) in [6, 6.07) is 13.3. The minimum Gasteiger partial charge on any atom is -0.371 e. The van der Waals surface area contributed by atoms with Crippen LogP contribution in [0.5, 0.6) is 0 Å². The zero-order chi connectivity index (χ0) is 23.3. The number of benzene rings is 2. The van der Waals surface area contributed by atoms with Crippen molar-refractivity contribution in [2.75, 3.05) is 18.0 Å². The molecular weight excluding hydrogens is 408 g/mol. The molecule has 1 heterocycles. The van der Waals surface area contributed by atoms with E-state index in [1.807, 2.05) is 31.2 Å². The summed E-state index contributed by atoms with van der Waals surface area (Å²) in [5.41, 5.74) is 1.93. The molecule has 2 amide bonds. The van der Waals surface area contributed by atoms with Crippen LogP contribution in [-0.2, 0) is 0 Å². The van der Waals surface area contributed by atoms with E-state index < -0.39 is 4.92 Å². The lowest BCUT2D eigenvalue weighted by atomic mass is 10.0. The van der Waals surface area contributed by atoms with Gasteiger partial charge in [0.25, 0.3) is 17.5 Å². The molecule has 0 unspecified atom stereocenters. The molecule has 2 N–H and O–H groups in total. The molecule has 170 valence electrons. The number of rotatable bonds is 7. The Kier molecular flexibility index (Phi) is 7.45. The van der Waals surface area contributed by atoms with Gasteiger partial charge in [0, 0.05) is 48.6 Å². The van der Waals surface area contributed by atoms with Gasteiger partial charge >= 0.3 is 0 Å². The number of anilines is 1. The first kappa shape index (κ1) is 23.2. The maximum atomic E-state index is 12.8. The lowest BCUT2D eigenvalue weighted by Crippen LogP contribution is -2.45. The normalized spacial score (nSPS) is 15.3. The molecule has 1 atom stereocenters. The topological polar surface area (TPSA) is 105 Å². The number of nitrogens with one attached hydrogen (secondary N) is 2. The SMILES string of the molecule is CC(C)[C@H](C)NC(=O)c1ccccc1N1CCC(NC(=O)c2ccc([N+](=O)[O-])cc2)CC1. The fourth-order valence-corrected chi connectivity index (χ4v) is 3.66. The molecule has 0 aliphatic carbocycles. The van der Waals surface area contributed by atoms with Crippen LogP contribution in [0.2, 0.25) is 0 Å². The summed E-state index contributed by atoms with van der Waals surface area (Å²) in [5.74, 6) is 0.0393.